The van der Waals surface area contributed by atoms with Crippen molar-refractivity contribution in [3.8, 4) is 0 Å². The fraction of sp³-hybridized carbons (Fsp3) is 0.846. The summed E-state index contributed by atoms with van der Waals surface area (Å²) in [5.41, 5.74) is 5.54. The second kappa shape index (κ2) is 7.04. The summed E-state index contributed by atoms with van der Waals surface area (Å²) in [6.07, 6.45) is 2.91. The maximum atomic E-state index is 12.0. The normalized spacial score (nSPS) is 16.9. The molecule has 1 unspecified atom stereocenters. The lowest BCUT2D eigenvalue weighted by Crippen LogP contribution is -2.47. The Morgan fingerprint density at radius 1 is 1.44 bits per heavy atom. The molecule has 0 radical (unpaired) electrons. The molecule has 1 amide bonds. The Morgan fingerprint density at radius 2 is 2.06 bits per heavy atom. The van der Waals surface area contributed by atoms with Crippen LogP contribution in [0.3, 0.4) is 0 Å². The highest BCUT2D eigenvalue weighted by Crippen LogP contribution is 2.19. The summed E-state index contributed by atoms with van der Waals surface area (Å²) in [7, 11) is 0. The van der Waals surface area contributed by atoms with Gasteiger partial charge in [0.15, 0.2) is 0 Å². The van der Waals surface area contributed by atoms with Crippen molar-refractivity contribution in [2.24, 2.45) is 11.7 Å². The molecule has 1 fully saturated rings. The SMILES string of the molecule is CC(C)CN(CCC(N)=S)C(C)C(=O)NC1CC1. The first-order valence-electron chi connectivity index (χ1n) is 6.73. The minimum atomic E-state index is -0.109. The Hall–Kier alpha value is -0.680. The van der Waals surface area contributed by atoms with Crippen LogP contribution in [-0.2, 0) is 4.79 Å². The van der Waals surface area contributed by atoms with Gasteiger partial charge >= 0.3 is 0 Å². The molecule has 3 N–H and O–H groups in total. The summed E-state index contributed by atoms with van der Waals surface area (Å²) in [6.45, 7) is 7.91. The van der Waals surface area contributed by atoms with E-state index < -0.39 is 0 Å². The van der Waals surface area contributed by atoms with Crippen molar-refractivity contribution < 1.29 is 4.79 Å². The molecule has 4 nitrogen and oxygen atoms in total. The molecule has 18 heavy (non-hydrogen) atoms. The van der Waals surface area contributed by atoms with Gasteiger partial charge in [0.2, 0.25) is 5.91 Å². The molecular weight excluding hydrogens is 246 g/mol. The first-order chi connectivity index (χ1) is 8.40. The summed E-state index contributed by atoms with van der Waals surface area (Å²) >= 11 is 4.91. The quantitative estimate of drug-likeness (QED) is 0.653. The van der Waals surface area contributed by atoms with Gasteiger partial charge in [-0.1, -0.05) is 26.1 Å². The van der Waals surface area contributed by atoms with Crippen LogP contribution < -0.4 is 11.1 Å². The van der Waals surface area contributed by atoms with Gasteiger partial charge in [-0.25, -0.2) is 0 Å². The zero-order valence-electron chi connectivity index (χ0n) is 11.6. The summed E-state index contributed by atoms with van der Waals surface area (Å²) < 4.78 is 0. The molecular formula is C13H25N3OS. The molecule has 0 aliphatic heterocycles. The number of carbonyl (C=O) groups is 1. The standard InChI is InChI=1S/C13H25N3OS/c1-9(2)8-16(7-6-12(14)18)10(3)13(17)15-11-4-5-11/h9-11H,4-8H2,1-3H3,(H2,14,18)(H,15,17). The van der Waals surface area contributed by atoms with Gasteiger partial charge in [0.05, 0.1) is 11.0 Å². The molecule has 1 atom stereocenters. The monoisotopic (exact) mass is 271 g/mol. The zero-order valence-corrected chi connectivity index (χ0v) is 12.4. The molecule has 0 bridgehead atoms. The molecule has 0 spiro atoms. The van der Waals surface area contributed by atoms with Gasteiger partial charge in [-0.15, -0.1) is 0 Å². The van der Waals surface area contributed by atoms with Crippen LogP contribution in [-0.4, -0.2) is 41.0 Å². The van der Waals surface area contributed by atoms with Gasteiger partial charge in [0.1, 0.15) is 0 Å². The van der Waals surface area contributed by atoms with E-state index in [1.165, 1.54) is 0 Å². The van der Waals surface area contributed by atoms with Gasteiger partial charge in [0.25, 0.3) is 0 Å². The highest BCUT2D eigenvalue weighted by Gasteiger charge is 2.28. The van der Waals surface area contributed by atoms with E-state index in [1.807, 2.05) is 6.92 Å². The van der Waals surface area contributed by atoms with Crippen LogP contribution in [0.2, 0.25) is 0 Å². The molecule has 5 heteroatoms. The van der Waals surface area contributed by atoms with Crippen molar-refractivity contribution in [1.29, 1.82) is 0 Å². The molecule has 1 aliphatic rings. The summed E-state index contributed by atoms with van der Waals surface area (Å²) in [5.74, 6) is 0.647. The highest BCUT2D eigenvalue weighted by atomic mass is 32.1. The lowest BCUT2D eigenvalue weighted by Gasteiger charge is -2.29. The van der Waals surface area contributed by atoms with Gasteiger partial charge < -0.3 is 11.1 Å². The second-order valence-electron chi connectivity index (χ2n) is 5.56. The van der Waals surface area contributed by atoms with E-state index in [9.17, 15) is 4.79 Å². The second-order valence-corrected chi connectivity index (χ2v) is 6.09. The molecule has 0 saturated heterocycles. The highest BCUT2D eigenvalue weighted by molar-refractivity contribution is 7.80. The van der Waals surface area contributed by atoms with E-state index in [2.05, 4.69) is 24.1 Å². The predicted octanol–water partition coefficient (Wildman–Crippen LogP) is 1.29. The third kappa shape index (κ3) is 5.78. The Kier molecular flexibility index (Phi) is 6.02. The van der Waals surface area contributed by atoms with Crippen LogP contribution in [0.15, 0.2) is 0 Å². The predicted molar refractivity (Wildman–Crippen MR) is 78.4 cm³/mol. The summed E-state index contributed by atoms with van der Waals surface area (Å²) in [5, 5.41) is 3.05. The van der Waals surface area contributed by atoms with Crippen molar-refractivity contribution in [2.45, 2.75) is 52.1 Å². The largest absolute Gasteiger partial charge is 0.393 e. The van der Waals surface area contributed by atoms with Gasteiger partial charge in [-0.05, 0) is 25.7 Å². The lowest BCUT2D eigenvalue weighted by atomic mass is 10.1. The Balaban J connectivity index is 2.49. The van der Waals surface area contributed by atoms with Crippen LogP contribution in [0, 0.1) is 5.92 Å². The number of thiocarbonyl (C=S) groups is 1. The van der Waals surface area contributed by atoms with Gasteiger partial charge in [-0.2, -0.15) is 0 Å². The van der Waals surface area contributed by atoms with E-state index in [-0.39, 0.29) is 11.9 Å². The van der Waals surface area contributed by atoms with E-state index >= 15 is 0 Å². The Bertz CT molecular complexity index is 303. The molecule has 0 aromatic carbocycles. The number of hydrogen-bond acceptors (Lipinski definition) is 3. The maximum absolute atomic E-state index is 12.0. The van der Waals surface area contributed by atoms with E-state index in [4.69, 9.17) is 18.0 Å². The number of nitrogens with zero attached hydrogens (tertiary/aromatic N) is 1. The summed E-state index contributed by atoms with van der Waals surface area (Å²) in [6, 6.07) is 0.304. The summed E-state index contributed by atoms with van der Waals surface area (Å²) in [4.78, 5) is 14.7. The Morgan fingerprint density at radius 3 is 2.50 bits per heavy atom. The fourth-order valence-electron chi connectivity index (χ4n) is 1.88. The smallest absolute Gasteiger partial charge is 0.237 e. The number of nitrogens with one attached hydrogen (secondary N) is 1. The lowest BCUT2D eigenvalue weighted by molar-refractivity contribution is -0.126. The molecule has 0 heterocycles. The van der Waals surface area contributed by atoms with Crippen molar-refractivity contribution in [3.05, 3.63) is 0 Å². The minimum Gasteiger partial charge on any atom is -0.393 e. The van der Waals surface area contributed by atoms with Crippen LogP contribution in [0.4, 0.5) is 0 Å². The van der Waals surface area contributed by atoms with Crippen molar-refractivity contribution >= 4 is 23.1 Å². The zero-order chi connectivity index (χ0) is 13.7. The van der Waals surface area contributed by atoms with E-state index in [0.29, 0.717) is 23.4 Å². The Labute approximate surface area is 115 Å². The topological polar surface area (TPSA) is 58.4 Å². The third-order valence-corrected chi connectivity index (χ3v) is 3.30. The first kappa shape index (κ1) is 15.4. The number of rotatable bonds is 8. The van der Waals surface area contributed by atoms with Gasteiger partial charge in [0, 0.05) is 25.6 Å². The van der Waals surface area contributed by atoms with Gasteiger partial charge in [-0.3, -0.25) is 9.69 Å². The van der Waals surface area contributed by atoms with Crippen molar-refractivity contribution in [1.82, 2.24) is 10.2 Å². The molecule has 104 valence electrons. The number of hydrogen-bond donors (Lipinski definition) is 2. The molecule has 1 aliphatic carbocycles. The first-order valence-corrected chi connectivity index (χ1v) is 7.13. The van der Waals surface area contributed by atoms with Crippen LogP contribution >= 0.6 is 12.2 Å². The van der Waals surface area contributed by atoms with Crippen molar-refractivity contribution in [3.63, 3.8) is 0 Å². The van der Waals surface area contributed by atoms with E-state index in [0.717, 1.165) is 25.9 Å². The molecule has 0 aromatic rings. The molecule has 1 rings (SSSR count). The van der Waals surface area contributed by atoms with Crippen LogP contribution in [0.1, 0.15) is 40.0 Å². The fourth-order valence-corrected chi connectivity index (χ4v) is 1.97. The van der Waals surface area contributed by atoms with Crippen LogP contribution in [0.25, 0.3) is 0 Å². The number of carbonyl (C=O) groups excluding carboxylic acids is 1. The van der Waals surface area contributed by atoms with E-state index in [1.54, 1.807) is 0 Å². The molecule has 0 aromatic heterocycles. The number of amides is 1. The average Bonchev–Trinajstić information content (AvgIpc) is 3.06. The van der Waals surface area contributed by atoms with Crippen molar-refractivity contribution in [2.75, 3.05) is 13.1 Å². The average molecular weight is 271 g/mol. The van der Waals surface area contributed by atoms with Crippen LogP contribution in [0.5, 0.6) is 0 Å². The molecule has 1 saturated carbocycles. The minimum absolute atomic E-state index is 0.109. The maximum Gasteiger partial charge on any atom is 0.237 e. The third-order valence-electron chi connectivity index (χ3n) is 3.10. The number of nitrogens with two attached hydrogens (primary N) is 1.